The first-order valence-corrected chi connectivity index (χ1v) is 6.47. The van der Waals surface area contributed by atoms with Crippen LogP contribution < -0.4 is 5.73 Å². The van der Waals surface area contributed by atoms with Gasteiger partial charge in [-0.05, 0) is 20.8 Å². The van der Waals surface area contributed by atoms with E-state index in [0.717, 1.165) is 5.01 Å². The van der Waals surface area contributed by atoms with Crippen LogP contribution in [0.1, 0.15) is 34.9 Å². The van der Waals surface area contributed by atoms with Crippen molar-refractivity contribution in [2.24, 2.45) is 10.9 Å². The van der Waals surface area contributed by atoms with Gasteiger partial charge in [-0.15, -0.1) is 11.3 Å². The molecule has 6 nitrogen and oxygen atoms in total. The third-order valence-corrected chi connectivity index (χ3v) is 3.35. The largest absolute Gasteiger partial charge is 0.409 e. The molecule has 0 atom stereocenters. The molecule has 1 aromatic rings. The summed E-state index contributed by atoms with van der Waals surface area (Å²) in [6.45, 7) is 6.14. The standard InChI is InChI=1S/C11H18N4O2S/c1-7(2)15(5-4-10(12)14-17)11(16)9-6-13-8(3)18-9/h6-7,17H,4-5H2,1-3H3,(H2,12,14). The molecular formula is C11H18N4O2S. The van der Waals surface area contributed by atoms with Crippen LogP contribution in [0.3, 0.4) is 0 Å². The number of thiazole rings is 1. The van der Waals surface area contributed by atoms with Crippen LogP contribution in [-0.4, -0.2) is 39.4 Å². The molecule has 0 spiro atoms. The van der Waals surface area contributed by atoms with Crippen molar-refractivity contribution in [3.05, 3.63) is 16.1 Å². The molecule has 3 N–H and O–H groups in total. The number of carbonyl (C=O) groups is 1. The van der Waals surface area contributed by atoms with Gasteiger partial charge < -0.3 is 15.8 Å². The van der Waals surface area contributed by atoms with E-state index in [1.807, 2.05) is 20.8 Å². The van der Waals surface area contributed by atoms with Crippen molar-refractivity contribution in [1.82, 2.24) is 9.88 Å². The number of amides is 1. The van der Waals surface area contributed by atoms with Crippen molar-refractivity contribution in [2.45, 2.75) is 33.2 Å². The molecule has 0 fully saturated rings. The van der Waals surface area contributed by atoms with E-state index in [1.54, 1.807) is 11.1 Å². The molecule has 7 heteroatoms. The van der Waals surface area contributed by atoms with Crippen molar-refractivity contribution in [3.8, 4) is 0 Å². The second-order valence-corrected chi connectivity index (χ2v) is 5.41. The summed E-state index contributed by atoms with van der Waals surface area (Å²) in [6.07, 6.45) is 1.93. The van der Waals surface area contributed by atoms with Crippen molar-refractivity contribution < 1.29 is 10.0 Å². The number of aromatic nitrogens is 1. The highest BCUT2D eigenvalue weighted by molar-refractivity contribution is 7.13. The molecule has 100 valence electrons. The van der Waals surface area contributed by atoms with Gasteiger partial charge in [-0.2, -0.15) is 0 Å². The Morgan fingerprint density at radius 3 is 2.78 bits per heavy atom. The molecule has 0 aliphatic heterocycles. The molecule has 0 radical (unpaired) electrons. The molecule has 0 aromatic carbocycles. The lowest BCUT2D eigenvalue weighted by molar-refractivity contribution is 0.0715. The van der Waals surface area contributed by atoms with Gasteiger partial charge in [0.1, 0.15) is 10.7 Å². The van der Waals surface area contributed by atoms with Crippen molar-refractivity contribution in [1.29, 1.82) is 0 Å². The number of hydrogen-bond acceptors (Lipinski definition) is 5. The number of aryl methyl sites for hydroxylation is 1. The molecule has 18 heavy (non-hydrogen) atoms. The van der Waals surface area contributed by atoms with Crippen LogP contribution in [0.25, 0.3) is 0 Å². The molecule has 1 rings (SSSR count). The van der Waals surface area contributed by atoms with Gasteiger partial charge in [0.15, 0.2) is 0 Å². The molecule has 1 amide bonds. The molecule has 0 saturated heterocycles. The summed E-state index contributed by atoms with van der Waals surface area (Å²) in [5.74, 6) is 0.0512. The predicted octanol–water partition coefficient (Wildman–Crippen LogP) is 1.44. The minimum Gasteiger partial charge on any atom is -0.409 e. The van der Waals surface area contributed by atoms with Gasteiger partial charge in [-0.3, -0.25) is 4.79 Å². The summed E-state index contributed by atoms with van der Waals surface area (Å²) in [6, 6.07) is 0.0476. The van der Waals surface area contributed by atoms with Crippen molar-refractivity contribution >= 4 is 23.1 Å². The highest BCUT2D eigenvalue weighted by Gasteiger charge is 2.20. The van der Waals surface area contributed by atoms with Crippen molar-refractivity contribution in [3.63, 3.8) is 0 Å². The van der Waals surface area contributed by atoms with Crippen LogP contribution in [0.2, 0.25) is 0 Å². The van der Waals surface area contributed by atoms with Crippen LogP contribution in [0.4, 0.5) is 0 Å². The predicted molar refractivity (Wildman–Crippen MR) is 71.0 cm³/mol. The van der Waals surface area contributed by atoms with Gasteiger partial charge in [0.05, 0.1) is 11.2 Å². The van der Waals surface area contributed by atoms with Crippen LogP contribution in [0.5, 0.6) is 0 Å². The fourth-order valence-corrected chi connectivity index (χ4v) is 2.21. The summed E-state index contributed by atoms with van der Waals surface area (Å²) in [4.78, 5) is 18.6. The summed E-state index contributed by atoms with van der Waals surface area (Å²) >= 11 is 1.37. The van der Waals surface area contributed by atoms with Crippen LogP contribution in [-0.2, 0) is 0 Å². The number of oxime groups is 1. The average molecular weight is 270 g/mol. The monoisotopic (exact) mass is 270 g/mol. The van der Waals surface area contributed by atoms with Gasteiger partial charge in [-0.25, -0.2) is 4.98 Å². The molecule has 1 aromatic heterocycles. The third-order valence-electron chi connectivity index (χ3n) is 2.45. The fourth-order valence-electron chi connectivity index (χ4n) is 1.48. The molecule has 0 aliphatic rings. The SMILES string of the molecule is Cc1ncc(C(=O)N(CCC(N)=NO)C(C)C)s1. The molecule has 0 bridgehead atoms. The fraction of sp³-hybridized carbons (Fsp3) is 0.545. The lowest BCUT2D eigenvalue weighted by Gasteiger charge is -2.25. The van der Waals surface area contributed by atoms with Gasteiger partial charge in [-0.1, -0.05) is 5.16 Å². The first-order chi connectivity index (χ1) is 8.45. The normalized spacial score (nSPS) is 11.9. The zero-order valence-corrected chi connectivity index (χ0v) is 11.6. The number of hydrogen-bond donors (Lipinski definition) is 2. The number of amidine groups is 1. The van der Waals surface area contributed by atoms with E-state index in [2.05, 4.69) is 10.1 Å². The maximum atomic E-state index is 12.3. The molecule has 0 saturated carbocycles. The van der Waals surface area contributed by atoms with Gasteiger partial charge in [0, 0.05) is 19.0 Å². The quantitative estimate of drug-likeness (QED) is 0.366. The summed E-state index contributed by atoms with van der Waals surface area (Å²) in [5.41, 5.74) is 5.42. The molecule has 0 aliphatic carbocycles. The number of rotatable bonds is 5. The smallest absolute Gasteiger partial charge is 0.265 e. The van der Waals surface area contributed by atoms with Crippen LogP contribution in [0.15, 0.2) is 11.4 Å². The van der Waals surface area contributed by atoms with E-state index in [0.29, 0.717) is 17.8 Å². The minimum absolute atomic E-state index is 0.0476. The first kappa shape index (κ1) is 14.4. The summed E-state index contributed by atoms with van der Waals surface area (Å²) in [5, 5.41) is 12.3. The Hall–Kier alpha value is -1.63. The first-order valence-electron chi connectivity index (χ1n) is 5.65. The zero-order chi connectivity index (χ0) is 13.7. The summed E-state index contributed by atoms with van der Waals surface area (Å²) in [7, 11) is 0. The molecular weight excluding hydrogens is 252 g/mol. The third kappa shape index (κ3) is 3.69. The minimum atomic E-state index is -0.0682. The highest BCUT2D eigenvalue weighted by Crippen LogP contribution is 2.16. The second-order valence-electron chi connectivity index (χ2n) is 4.18. The van der Waals surface area contributed by atoms with Gasteiger partial charge >= 0.3 is 0 Å². The van der Waals surface area contributed by atoms with E-state index in [9.17, 15) is 4.79 Å². The zero-order valence-electron chi connectivity index (χ0n) is 10.8. The number of nitrogens with zero attached hydrogens (tertiary/aromatic N) is 3. The number of nitrogens with two attached hydrogens (primary N) is 1. The Morgan fingerprint density at radius 2 is 2.33 bits per heavy atom. The Balaban J connectivity index is 2.76. The topological polar surface area (TPSA) is 91.8 Å². The maximum absolute atomic E-state index is 12.3. The highest BCUT2D eigenvalue weighted by atomic mass is 32.1. The van der Waals surface area contributed by atoms with Crippen LogP contribution >= 0.6 is 11.3 Å². The molecule has 1 heterocycles. The second kappa shape index (κ2) is 6.34. The summed E-state index contributed by atoms with van der Waals surface area (Å²) < 4.78 is 0. The van der Waals surface area contributed by atoms with E-state index in [4.69, 9.17) is 10.9 Å². The van der Waals surface area contributed by atoms with Crippen molar-refractivity contribution in [2.75, 3.05) is 6.54 Å². The van der Waals surface area contributed by atoms with E-state index in [-0.39, 0.29) is 17.8 Å². The Kier molecular flexibility index (Phi) is 5.08. The average Bonchev–Trinajstić information content (AvgIpc) is 2.75. The number of carbonyl (C=O) groups excluding carboxylic acids is 1. The lowest BCUT2D eigenvalue weighted by Crippen LogP contribution is -2.38. The Labute approximate surface area is 110 Å². The Bertz CT molecular complexity index is 442. The Morgan fingerprint density at radius 1 is 1.67 bits per heavy atom. The van der Waals surface area contributed by atoms with Gasteiger partial charge in [0.25, 0.3) is 5.91 Å². The van der Waals surface area contributed by atoms with E-state index >= 15 is 0 Å². The molecule has 0 unspecified atom stereocenters. The van der Waals surface area contributed by atoms with Crippen LogP contribution in [0, 0.1) is 6.92 Å². The van der Waals surface area contributed by atoms with Gasteiger partial charge in [0.2, 0.25) is 0 Å². The van der Waals surface area contributed by atoms with E-state index in [1.165, 1.54) is 11.3 Å². The maximum Gasteiger partial charge on any atom is 0.265 e. The lowest BCUT2D eigenvalue weighted by atomic mass is 10.2. The van der Waals surface area contributed by atoms with E-state index < -0.39 is 0 Å².